The molecule has 214 valence electrons. The average Bonchev–Trinajstić information content (AvgIpc) is 2.94. The molecule has 4 rings (SSSR count). The van der Waals surface area contributed by atoms with Gasteiger partial charge in [0, 0.05) is 5.56 Å². The van der Waals surface area contributed by atoms with Gasteiger partial charge in [0.05, 0.1) is 13.0 Å². The highest BCUT2D eigenvalue weighted by molar-refractivity contribution is 5.28. The molecule has 2 saturated carbocycles. The van der Waals surface area contributed by atoms with Gasteiger partial charge in [-0.25, -0.2) is 4.39 Å². The molecule has 4 heteroatoms. The first-order valence-corrected chi connectivity index (χ1v) is 15.4. The summed E-state index contributed by atoms with van der Waals surface area (Å²) in [4.78, 5) is 0. The van der Waals surface area contributed by atoms with E-state index >= 15 is 0 Å². The van der Waals surface area contributed by atoms with Gasteiger partial charge in [-0.2, -0.15) is 8.78 Å². The van der Waals surface area contributed by atoms with Gasteiger partial charge in [0.2, 0.25) is 0 Å². The maximum Gasteiger partial charge on any atom is 0.360 e. The molecule has 0 aromatic heterocycles. The van der Waals surface area contributed by atoms with E-state index in [9.17, 15) is 13.2 Å². The lowest BCUT2D eigenvalue weighted by Crippen LogP contribution is -2.24. The van der Waals surface area contributed by atoms with Crippen molar-refractivity contribution in [1.82, 2.24) is 0 Å². The molecule has 0 N–H and O–H groups in total. The predicted octanol–water partition coefficient (Wildman–Crippen LogP) is 10.9. The predicted molar refractivity (Wildman–Crippen MR) is 155 cm³/mol. The van der Waals surface area contributed by atoms with Gasteiger partial charge >= 0.3 is 6.11 Å². The second kappa shape index (κ2) is 14.5. The van der Waals surface area contributed by atoms with Crippen LogP contribution in [0.1, 0.15) is 125 Å². The second-order valence-electron chi connectivity index (χ2n) is 12.1. The number of rotatable bonds is 12. The minimum Gasteiger partial charge on any atom is -0.315 e. The molecule has 2 aliphatic rings. The summed E-state index contributed by atoms with van der Waals surface area (Å²) in [6.45, 7) is 3.87. The van der Waals surface area contributed by atoms with Crippen molar-refractivity contribution < 1.29 is 17.9 Å². The molecule has 0 aliphatic heterocycles. The lowest BCUT2D eigenvalue weighted by molar-refractivity contribution is -0.244. The fourth-order valence-electron chi connectivity index (χ4n) is 6.79. The molecule has 0 bridgehead atoms. The molecular weight excluding hydrogens is 493 g/mol. The first-order chi connectivity index (χ1) is 18.9. The van der Waals surface area contributed by atoms with Gasteiger partial charge in [0.1, 0.15) is 5.82 Å². The molecule has 0 spiro atoms. The van der Waals surface area contributed by atoms with Crippen molar-refractivity contribution in [3.05, 3.63) is 82.7 Å². The lowest BCUT2D eigenvalue weighted by atomic mass is 9.77. The fourth-order valence-corrected chi connectivity index (χ4v) is 6.79. The van der Waals surface area contributed by atoms with Crippen LogP contribution in [0.25, 0.3) is 0 Å². The number of benzene rings is 2. The first-order valence-electron chi connectivity index (χ1n) is 15.4. The van der Waals surface area contributed by atoms with Gasteiger partial charge < -0.3 is 4.74 Å². The second-order valence-corrected chi connectivity index (χ2v) is 12.1. The van der Waals surface area contributed by atoms with Crippen LogP contribution in [0.3, 0.4) is 0 Å². The van der Waals surface area contributed by atoms with Gasteiger partial charge in [-0.1, -0.05) is 68.3 Å². The molecule has 0 heterocycles. The third-order valence-corrected chi connectivity index (χ3v) is 9.22. The summed E-state index contributed by atoms with van der Waals surface area (Å²) >= 11 is 0. The van der Waals surface area contributed by atoms with Crippen LogP contribution >= 0.6 is 0 Å². The summed E-state index contributed by atoms with van der Waals surface area (Å²) < 4.78 is 49.1. The van der Waals surface area contributed by atoms with Gasteiger partial charge in [-0.05, 0) is 118 Å². The first kappa shape index (κ1) is 29.9. The van der Waals surface area contributed by atoms with Crippen molar-refractivity contribution in [2.45, 2.75) is 122 Å². The average molecular weight is 541 g/mol. The number of allylic oxidation sites excluding steroid dienone is 2. The van der Waals surface area contributed by atoms with Gasteiger partial charge in [0.25, 0.3) is 0 Å². The summed E-state index contributed by atoms with van der Waals surface area (Å²) in [5.74, 6) is 2.03. The lowest BCUT2D eigenvalue weighted by Gasteiger charge is -2.29. The minimum absolute atomic E-state index is 0.187. The molecule has 2 fully saturated rings. The Bertz CT molecular complexity index is 1030. The van der Waals surface area contributed by atoms with Crippen LogP contribution in [0.5, 0.6) is 0 Å². The summed E-state index contributed by atoms with van der Waals surface area (Å²) in [7, 11) is 0. The zero-order chi connectivity index (χ0) is 27.7. The molecular formula is C35H47F3O. The maximum absolute atomic E-state index is 14.8. The van der Waals surface area contributed by atoms with Crippen molar-refractivity contribution in [2.75, 3.05) is 0 Å². The number of hydrogen-bond acceptors (Lipinski definition) is 1. The van der Waals surface area contributed by atoms with Crippen LogP contribution in [-0.4, -0.2) is 6.11 Å². The molecule has 0 radical (unpaired) electrons. The molecule has 39 heavy (non-hydrogen) atoms. The Morgan fingerprint density at radius 2 is 1.41 bits per heavy atom. The highest BCUT2D eigenvalue weighted by Crippen LogP contribution is 2.39. The van der Waals surface area contributed by atoms with E-state index in [1.165, 1.54) is 69.4 Å². The quantitative estimate of drug-likeness (QED) is 0.243. The Kier molecular flexibility index (Phi) is 11.1. The largest absolute Gasteiger partial charge is 0.360 e. The van der Waals surface area contributed by atoms with Crippen molar-refractivity contribution >= 4 is 0 Å². The summed E-state index contributed by atoms with van der Waals surface area (Å²) in [6.07, 6.45) is 14.7. The monoisotopic (exact) mass is 540 g/mol. The van der Waals surface area contributed by atoms with E-state index in [0.29, 0.717) is 17.4 Å². The zero-order valence-electron chi connectivity index (χ0n) is 23.9. The molecule has 0 atom stereocenters. The van der Waals surface area contributed by atoms with Crippen LogP contribution < -0.4 is 0 Å². The van der Waals surface area contributed by atoms with Crippen LogP contribution in [0, 0.1) is 17.7 Å². The number of ether oxygens (including phenoxy) is 1. The van der Waals surface area contributed by atoms with Crippen molar-refractivity contribution in [2.24, 2.45) is 11.8 Å². The molecule has 0 saturated heterocycles. The van der Waals surface area contributed by atoms with E-state index in [1.807, 2.05) is 18.2 Å². The Balaban J connectivity index is 1.24. The Labute approximate surface area is 234 Å². The van der Waals surface area contributed by atoms with E-state index < -0.39 is 25.0 Å². The summed E-state index contributed by atoms with van der Waals surface area (Å²) in [5, 5.41) is 0. The highest BCUT2D eigenvalue weighted by Gasteiger charge is 2.31. The number of hydrogen-bond donors (Lipinski definition) is 0. The molecule has 1 nitrogen and oxygen atoms in total. The van der Waals surface area contributed by atoms with Gasteiger partial charge in [-0.3, -0.25) is 0 Å². The van der Waals surface area contributed by atoms with E-state index in [1.54, 1.807) is 18.2 Å². The molecule has 0 unspecified atom stereocenters. The SMILES string of the molecule is C/C=C/CCC1CCC(c2ccc(COC(F)(F)Cc3ccc(C4CCC(CCC)CC4)cc3)c(F)c2)CC1. The number of alkyl halides is 2. The molecule has 2 aromatic carbocycles. The molecule has 2 aromatic rings. The topological polar surface area (TPSA) is 9.23 Å². The fraction of sp³-hybridized carbons (Fsp3) is 0.600. The Hall–Kier alpha value is -2.07. The van der Waals surface area contributed by atoms with Crippen LogP contribution in [0.2, 0.25) is 0 Å². The Morgan fingerprint density at radius 3 is 2.00 bits per heavy atom. The standard InChI is InChI=1S/C35H47F3O/c1-3-5-6-8-27-11-17-31(18-12-27)32-21-22-33(34(36)23-32)25-39-35(37,38)24-28-13-19-30(20-14-28)29-15-9-26(7-4-2)10-16-29/h3,5,13-14,19-23,26-27,29,31H,4,6-12,15-18,24-25H2,1-2H3/b5-3+. The number of halogens is 3. The van der Waals surface area contributed by atoms with E-state index in [-0.39, 0.29) is 5.56 Å². The van der Waals surface area contributed by atoms with E-state index in [4.69, 9.17) is 4.74 Å². The molecule has 2 aliphatic carbocycles. The minimum atomic E-state index is -3.35. The van der Waals surface area contributed by atoms with E-state index in [0.717, 1.165) is 36.7 Å². The van der Waals surface area contributed by atoms with Gasteiger partial charge in [-0.15, -0.1) is 0 Å². The van der Waals surface area contributed by atoms with Crippen molar-refractivity contribution in [3.63, 3.8) is 0 Å². The third kappa shape index (κ3) is 8.96. The van der Waals surface area contributed by atoms with Crippen molar-refractivity contribution in [3.8, 4) is 0 Å². The van der Waals surface area contributed by atoms with Crippen LogP contribution in [-0.2, 0) is 17.8 Å². The van der Waals surface area contributed by atoms with Crippen LogP contribution in [0.4, 0.5) is 13.2 Å². The normalized spacial score (nSPS) is 24.3. The van der Waals surface area contributed by atoms with Crippen LogP contribution in [0.15, 0.2) is 54.6 Å². The molecule has 0 amide bonds. The zero-order valence-corrected chi connectivity index (χ0v) is 23.9. The maximum atomic E-state index is 14.8. The van der Waals surface area contributed by atoms with Gasteiger partial charge in [0.15, 0.2) is 0 Å². The smallest absolute Gasteiger partial charge is 0.315 e. The Morgan fingerprint density at radius 1 is 0.821 bits per heavy atom. The third-order valence-electron chi connectivity index (χ3n) is 9.22. The van der Waals surface area contributed by atoms with Crippen molar-refractivity contribution in [1.29, 1.82) is 0 Å². The summed E-state index contributed by atoms with van der Waals surface area (Å²) in [6, 6.07) is 12.7. The summed E-state index contributed by atoms with van der Waals surface area (Å²) in [5.41, 5.74) is 2.96. The highest BCUT2D eigenvalue weighted by atomic mass is 19.3. The van der Waals surface area contributed by atoms with E-state index in [2.05, 4.69) is 26.0 Å².